The van der Waals surface area contributed by atoms with Crippen LogP contribution in [0, 0.1) is 0 Å². The Hall–Kier alpha value is -3.62. The molecule has 2 aliphatic heterocycles. The molecule has 15 heteroatoms. The van der Waals surface area contributed by atoms with E-state index in [0.717, 1.165) is 21.8 Å². The van der Waals surface area contributed by atoms with E-state index in [-0.39, 0.29) is 33.1 Å². The third-order valence-corrected chi connectivity index (χ3v) is 8.04. The quantitative estimate of drug-likeness (QED) is 0.171. The number of thioether (sulfide) groups is 1. The number of nitrogens with zero attached hydrogens (tertiary/aromatic N) is 5. The number of nitrogen functional groups attached to an aromatic ring is 1. The van der Waals surface area contributed by atoms with Gasteiger partial charge in [0, 0.05) is 11.3 Å². The van der Waals surface area contributed by atoms with Gasteiger partial charge in [0.2, 0.25) is 6.33 Å². The predicted molar refractivity (Wildman–Crippen MR) is 130 cm³/mol. The lowest BCUT2D eigenvalue weighted by Gasteiger charge is -2.50. The van der Waals surface area contributed by atoms with Gasteiger partial charge in [-0.1, -0.05) is 34.2 Å². The molecule has 1 fully saturated rings. The van der Waals surface area contributed by atoms with Crippen molar-refractivity contribution < 1.29 is 28.9 Å². The SMILES string of the molecule is CO/N=C(/C(=O)NC1C(=O)N2C(C(=O)[O-])=C(C[n+]3cc4ccccn4c3)CSC12)c1nc(N)sc1Cl. The number of hydrogen-bond donors (Lipinski definition) is 2. The summed E-state index contributed by atoms with van der Waals surface area (Å²) >= 11 is 8.40. The van der Waals surface area contributed by atoms with E-state index in [1.165, 1.54) is 18.9 Å². The number of nitrogens with two attached hydrogens (primary N) is 1. The van der Waals surface area contributed by atoms with Gasteiger partial charge in [-0.25, -0.2) is 14.0 Å². The van der Waals surface area contributed by atoms with Gasteiger partial charge >= 0.3 is 0 Å². The van der Waals surface area contributed by atoms with Gasteiger partial charge in [-0.2, -0.15) is 0 Å². The molecule has 5 rings (SSSR count). The van der Waals surface area contributed by atoms with E-state index in [2.05, 4.69) is 15.5 Å². The number of halogens is 1. The maximum atomic E-state index is 13.0. The number of thiazole rings is 1. The van der Waals surface area contributed by atoms with Crippen LogP contribution in [0.1, 0.15) is 5.69 Å². The van der Waals surface area contributed by atoms with Crippen molar-refractivity contribution in [2.24, 2.45) is 5.16 Å². The Morgan fingerprint density at radius 1 is 1.44 bits per heavy atom. The van der Waals surface area contributed by atoms with Crippen LogP contribution in [0.15, 0.2) is 53.3 Å². The van der Waals surface area contributed by atoms with Crippen LogP contribution in [0.5, 0.6) is 0 Å². The molecule has 36 heavy (non-hydrogen) atoms. The minimum Gasteiger partial charge on any atom is -0.543 e. The maximum absolute atomic E-state index is 13.0. The number of oxime groups is 1. The summed E-state index contributed by atoms with van der Waals surface area (Å²) in [6, 6.07) is 4.73. The molecule has 0 bridgehead atoms. The Morgan fingerprint density at radius 2 is 2.25 bits per heavy atom. The first-order valence-electron chi connectivity index (χ1n) is 10.5. The van der Waals surface area contributed by atoms with Crippen molar-refractivity contribution in [2.45, 2.75) is 18.0 Å². The zero-order valence-electron chi connectivity index (χ0n) is 18.6. The fourth-order valence-corrected chi connectivity index (χ4v) is 6.37. The molecule has 2 amide bonds. The summed E-state index contributed by atoms with van der Waals surface area (Å²) in [5.74, 6) is -2.46. The Kier molecular flexibility index (Phi) is 6.32. The van der Waals surface area contributed by atoms with Crippen molar-refractivity contribution in [3.8, 4) is 0 Å². The van der Waals surface area contributed by atoms with E-state index < -0.39 is 29.2 Å². The number of carbonyl (C=O) groups is 3. The topological polar surface area (TPSA) is 158 Å². The lowest BCUT2D eigenvalue weighted by molar-refractivity contribution is -0.687. The number of anilines is 1. The Bertz CT molecular complexity index is 1430. The van der Waals surface area contributed by atoms with Crippen LogP contribution in [0.25, 0.3) is 5.52 Å². The molecular formula is C21H18ClN7O5S2. The molecule has 0 radical (unpaired) electrons. The lowest BCUT2D eigenvalue weighted by Crippen LogP contribution is -2.71. The second-order valence-corrected chi connectivity index (χ2v) is 10.6. The summed E-state index contributed by atoms with van der Waals surface area (Å²) in [6.07, 6.45) is 5.59. The number of carbonyl (C=O) groups excluding carboxylic acids is 3. The zero-order valence-corrected chi connectivity index (χ0v) is 21.0. The molecule has 12 nitrogen and oxygen atoms in total. The number of imidazole rings is 1. The molecule has 186 valence electrons. The monoisotopic (exact) mass is 547 g/mol. The number of pyridine rings is 1. The summed E-state index contributed by atoms with van der Waals surface area (Å²) < 4.78 is 3.88. The van der Waals surface area contributed by atoms with Crippen molar-refractivity contribution >= 4 is 68.8 Å². The van der Waals surface area contributed by atoms with E-state index in [0.29, 0.717) is 11.3 Å². The van der Waals surface area contributed by atoms with Gasteiger partial charge in [-0.15, -0.1) is 11.8 Å². The van der Waals surface area contributed by atoms with Gasteiger partial charge in [0.1, 0.15) is 41.3 Å². The molecule has 5 heterocycles. The maximum Gasteiger partial charge on any atom is 0.276 e. The number of rotatable bonds is 7. The molecule has 0 spiro atoms. The summed E-state index contributed by atoms with van der Waals surface area (Å²) in [4.78, 5) is 47.9. The van der Waals surface area contributed by atoms with E-state index in [4.69, 9.17) is 22.2 Å². The standard InChI is InChI=1S/C21H18ClN7O5S2/c1-34-26-13(12-16(22)36-21(23)25-12)17(30)24-14-18(31)29-15(20(32)33)10(8-35-19(14)29)6-27-7-11-4-2-3-5-28(11)9-27/h2-5,7,9,14,19H,6,8H2,1H3,(H3-,23,24,25,30,32,33)/b26-13+. The van der Waals surface area contributed by atoms with Crippen molar-refractivity contribution in [1.29, 1.82) is 0 Å². The highest BCUT2D eigenvalue weighted by molar-refractivity contribution is 8.00. The van der Waals surface area contributed by atoms with Crippen LogP contribution >= 0.6 is 34.7 Å². The highest BCUT2D eigenvalue weighted by Crippen LogP contribution is 2.40. The van der Waals surface area contributed by atoms with Crippen LogP contribution in [-0.2, 0) is 25.8 Å². The van der Waals surface area contributed by atoms with Gasteiger partial charge in [0.15, 0.2) is 16.4 Å². The van der Waals surface area contributed by atoms with Crippen LogP contribution < -0.4 is 20.7 Å². The van der Waals surface area contributed by atoms with Crippen molar-refractivity contribution in [3.63, 3.8) is 0 Å². The van der Waals surface area contributed by atoms with E-state index in [1.54, 1.807) is 0 Å². The highest BCUT2D eigenvalue weighted by Gasteiger charge is 2.53. The molecular weight excluding hydrogens is 530 g/mol. The average Bonchev–Trinajstić information content (AvgIpc) is 3.41. The predicted octanol–water partition coefficient (Wildman–Crippen LogP) is -0.626. The number of amides is 2. The van der Waals surface area contributed by atoms with Crippen LogP contribution in [-0.4, -0.2) is 62.1 Å². The molecule has 3 aromatic rings. The first-order chi connectivity index (χ1) is 17.3. The van der Waals surface area contributed by atoms with Crippen LogP contribution in [0.2, 0.25) is 4.34 Å². The number of aliphatic carboxylic acids is 1. The second kappa shape index (κ2) is 9.44. The Balaban J connectivity index is 1.36. The van der Waals surface area contributed by atoms with Crippen molar-refractivity contribution in [2.75, 3.05) is 18.6 Å². The summed E-state index contributed by atoms with van der Waals surface area (Å²) in [5.41, 5.74) is 6.71. The molecule has 2 aliphatic rings. The third kappa shape index (κ3) is 4.16. The van der Waals surface area contributed by atoms with Crippen molar-refractivity contribution in [3.05, 3.63) is 58.2 Å². The largest absolute Gasteiger partial charge is 0.543 e. The molecule has 2 atom stereocenters. The molecule has 0 saturated carbocycles. The molecule has 1 saturated heterocycles. The zero-order chi connectivity index (χ0) is 25.6. The number of carboxylic acid groups (broad SMARTS) is 1. The van der Waals surface area contributed by atoms with Crippen molar-refractivity contribution in [1.82, 2.24) is 19.6 Å². The van der Waals surface area contributed by atoms with E-state index >= 15 is 0 Å². The lowest BCUT2D eigenvalue weighted by atomic mass is 10.0. The second-order valence-electron chi connectivity index (χ2n) is 7.85. The summed E-state index contributed by atoms with van der Waals surface area (Å²) in [5, 5.41) is 17.8. The number of β-lactam (4-membered cyclic amide) rings is 1. The normalized spacial score (nSPS) is 19.8. The Morgan fingerprint density at radius 3 is 2.92 bits per heavy atom. The number of nitrogens with one attached hydrogen (secondary N) is 1. The smallest absolute Gasteiger partial charge is 0.276 e. The fraction of sp³-hybridized carbons (Fsp3) is 0.238. The third-order valence-electron chi connectivity index (χ3n) is 5.62. The molecule has 0 aromatic carbocycles. The fourth-order valence-electron chi connectivity index (χ4n) is 4.10. The molecule has 0 aliphatic carbocycles. The van der Waals surface area contributed by atoms with Gasteiger partial charge in [0.05, 0.1) is 17.9 Å². The number of carboxylic acids is 1. The van der Waals surface area contributed by atoms with Gasteiger partial charge in [-0.3, -0.25) is 14.5 Å². The van der Waals surface area contributed by atoms with Crippen LogP contribution in [0.4, 0.5) is 5.13 Å². The van der Waals surface area contributed by atoms with Gasteiger partial charge in [0.25, 0.3) is 11.8 Å². The number of aromatic nitrogens is 3. The summed E-state index contributed by atoms with van der Waals surface area (Å²) in [7, 11) is 1.24. The molecule has 2 unspecified atom stereocenters. The highest BCUT2D eigenvalue weighted by atomic mass is 35.5. The van der Waals surface area contributed by atoms with Gasteiger partial charge < -0.3 is 25.8 Å². The minimum atomic E-state index is -1.45. The van der Waals surface area contributed by atoms with Gasteiger partial charge in [-0.05, 0) is 12.1 Å². The molecule has 3 N–H and O–H groups in total. The first kappa shape index (κ1) is 24.1. The minimum absolute atomic E-state index is 0.0213. The average molecular weight is 548 g/mol. The van der Waals surface area contributed by atoms with Crippen LogP contribution in [0.3, 0.4) is 0 Å². The van der Waals surface area contributed by atoms with E-state index in [1.807, 2.05) is 45.9 Å². The number of hydrogen-bond acceptors (Lipinski definition) is 10. The Labute approximate surface area is 217 Å². The van der Waals surface area contributed by atoms with E-state index in [9.17, 15) is 19.5 Å². The molecule has 3 aromatic heterocycles. The number of fused-ring (bicyclic) bond motifs is 2. The first-order valence-corrected chi connectivity index (χ1v) is 12.7. The summed E-state index contributed by atoms with van der Waals surface area (Å²) in [6.45, 7) is 0.264.